The normalized spacial score (nSPS) is 12.5. The second-order valence-corrected chi connectivity index (χ2v) is 11.2. The second-order valence-electron chi connectivity index (χ2n) is 9.15. The Morgan fingerprint density at radius 2 is 1.84 bits per heavy atom. The number of sulfonamides is 1. The minimum atomic E-state index is -3.76. The molecule has 0 bridgehead atoms. The molecule has 0 radical (unpaired) electrons. The van der Waals surface area contributed by atoms with Crippen LogP contribution in [0.3, 0.4) is 0 Å². The molecule has 0 aliphatic carbocycles. The molecule has 1 unspecified atom stereocenters. The van der Waals surface area contributed by atoms with E-state index in [9.17, 15) is 8.42 Å². The lowest BCUT2D eigenvalue weighted by Gasteiger charge is -2.19. The summed E-state index contributed by atoms with van der Waals surface area (Å²) in [7, 11) is 1.29. The van der Waals surface area contributed by atoms with Crippen LogP contribution in [0.2, 0.25) is 0 Å². The molecule has 4 aromatic rings. The van der Waals surface area contributed by atoms with E-state index < -0.39 is 10.0 Å². The van der Waals surface area contributed by atoms with Crippen molar-refractivity contribution in [3.05, 3.63) is 84.4 Å². The first kappa shape index (κ1) is 26.4. The lowest BCUT2D eigenvalue weighted by atomic mass is 10.0. The molecule has 2 heterocycles. The fourth-order valence-corrected chi connectivity index (χ4v) is 5.14. The molecule has 194 valence electrons. The van der Waals surface area contributed by atoms with Crippen molar-refractivity contribution >= 4 is 21.5 Å². The van der Waals surface area contributed by atoms with E-state index in [0.717, 1.165) is 23.4 Å². The lowest BCUT2D eigenvalue weighted by Crippen LogP contribution is -2.26. The highest BCUT2D eigenvalue weighted by atomic mass is 32.2. The van der Waals surface area contributed by atoms with Gasteiger partial charge in [0.15, 0.2) is 0 Å². The van der Waals surface area contributed by atoms with Crippen LogP contribution in [0, 0.1) is 0 Å². The number of methoxy groups -OCH3 is 1. The summed E-state index contributed by atoms with van der Waals surface area (Å²) in [6, 6.07) is 16.4. The van der Waals surface area contributed by atoms with E-state index in [4.69, 9.17) is 4.74 Å². The Morgan fingerprint density at radius 3 is 2.43 bits per heavy atom. The predicted molar refractivity (Wildman–Crippen MR) is 147 cm³/mol. The maximum absolute atomic E-state index is 13.5. The first-order valence-electron chi connectivity index (χ1n) is 12.2. The highest BCUT2D eigenvalue weighted by Crippen LogP contribution is 2.33. The third-order valence-electron chi connectivity index (χ3n) is 6.47. The number of pyridine rings is 1. The van der Waals surface area contributed by atoms with Crippen molar-refractivity contribution < 1.29 is 13.2 Å². The molecule has 0 amide bonds. The van der Waals surface area contributed by atoms with E-state index in [1.54, 1.807) is 38.7 Å². The summed E-state index contributed by atoms with van der Waals surface area (Å²) in [5, 5.41) is 3.34. The average Bonchev–Trinajstić information content (AvgIpc) is 3.35. The highest BCUT2D eigenvalue weighted by molar-refractivity contribution is 7.89. The van der Waals surface area contributed by atoms with Crippen LogP contribution in [0.5, 0.6) is 5.75 Å². The number of aromatic nitrogens is 3. The molecule has 37 heavy (non-hydrogen) atoms. The number of rotatable bonds is 10. The molecule has 2 aromatic carbocycles. The van der Waals surface area contributed by atoms with Crippen LogP contribution in [-0.4, -0.2) is 41.4 Å². The monoisotopic (exact) mass is 519 g/mol. The molecule has 4 rings (SSSR count). The summed E-state index contributed by atoms with van der Waals surface area (Å²) in [6.45, 7) is 4.56. The highest BCUT2D eigenvalue weighted by Gasteiger charge is 2.23. The third kappa shape index (κ3) is 6.00. The van der Waals surface area contributed by atoms with E-state index in [0.29, 0.717) is 23.0 Å². The summed E-state index contributed by atoms with van der Waals surface area (Å²) in [4.78, 5) is 9.23. The maximum atomic E-state index is 13.5. The van der Waals surface area contributed by atoms with Gasteiger partial charge in [-0.25, -0.2) is 18.4 Å². The van der Waals surface area contributed by atoms with Crippen molar-refractivity contribution in [2.75, 3.05) is 19.5 Å². The van der Waals surface area contributed by atoms with Crippen LogP contribution in [0.4, 0.5) is 11.5 Å². The van der Waals surface area contributed by atoms with Gasteiger partial charge in [0.05, 0.1) is 24.0 Å². The van der Waals surface area contributed by atoms with Gasteiger partial charge in [-0.2, -0.15) is 4.31 Å². The van der Waals surface area contributed by atoms with Gasteiger partial charge >= 0.3 is 0 Å². The molecule has 1 N–H and O–H groups in total. The number of benzene rings is 2. The first-order chi connectivity index (χ1) is 17.7. The Hall–Kier alpha value is -3.69. The minimum absolute atomic E-state index is 0.190. The van der Waals surface area contributed by atoms with Gasteiger partial charge in [0.2, 0.25) is 10.0 Å². The van der Waals surface area contributed by atoms with Crippen molar-refractivity contribution in [3.8, 4) is 17.0 Å². The van der Waals surface area contributed by atoms with Crippen LogP contribution < -0.4 is 10.1 Å². The van der Waals surface area contributed by atoms with Crippen LogP contribution in [0.15, 0.2) is 78.2 Å². The quantitative estimate of drug-likeness (QED) is 0.295. The number of hydrogen-bond donors (Lipinski definition) is 1. The van der Waals surface area contributed by atoms with Gasteiger partial charge in [-0.15, -0.1) is 0 Å². The van der Waals surface area contributed by atoms with Gasteiger partial charge in [0.1, 0.15) is 11.6 Å². The average molecular weight is 520 g/mol. The Balaban J connectivity index is 1.64. The van der Waals surface area contributed by atoms with Crippen molar-refractivity contribution in [1.82, 2.24) is 18.8 Å². The van der Waals surface area contributed by atoms with Gasteiger partial charge in [0.25, 0.3) is 0 Å². The van der Waals surface area contributed by atoms with E-state index in [1.165, 1.54) is 9.87 Å². The Kier molecular flexibility index (Phi) is 7.94. The number of nitrogens with one attached hydrogen (secondary N) is 1. The smallest absolute Gasteiger partial charge is 0.243 e. The number of aryl methyl sites for hydroxylation is 1. The third-order valence-corrected chi connectivity index (χ3v) is 8.27. The fraction of sp³-hybridized carbons (Fsp3) is 0.286. The molecule has 0 fully saturated rings. The van der Waals surface area contributed by atoms with Gasteiger partial charge in [-0.3, -0.25) is 0 Å². The zero-order chi connectivity index (χ0) is 26.6. The number of ether oxygens (including phenoxy) is 1. The molecule has 0 aliphatic rings. The predicted octanol–water partition coefficient (Wildman–Crippen LogP) is 5.57. The van der Waals surface area contributed by atoms with E-state index in [2.05, 4.69) is 35.2 Å². The van der Waals surface area contributed by atoms with Crippen LogP contribution in [-0.2, 0) is 23.6 Å². The molecule has 0 aliphatic heterocycles. The molecule has 0 spiro atoms. The van der Waals surface area contributed by atoms with E-state index >= 15 is 0 Å². The van der Waals surface area contributed by atoms with Crippen molar-refractivity contribution in [1.29, 1.82) is 0 Å². The summed E-state index contributed by atoms with van der Waals surface area (Å²) in [5.74, 6) is 1.84. The van der Waals surface area contributed by atoms with Crippen LogP contribution >= 0.6 is 0 Å². The largest absolute Gasteiger partial charge is 0.497 e. The van der Waals surface area contributed by atoms with Gasteiger partial charge in [-0.1, -0.05) is 32.0 Å². The van der Waals surface area contributed by atoms with Gasteiger partial charge in [0, 0.05) is 44.3 Å². The molecule has 8 nitrogen and oxygen atoms in total. The Bertz CT molecular complexity index is 1450. The van der Waals surface area contributed by atoms with Crippen molar-refractivity contribution in [3.63, 3.8) is 0 Å². The van der Waals surface area contributed by atoms with Gasteiger partial charge < -0.3 is 14.6 Å². The van der Waals surface area contributed by atoms with Gasteiger partial charge in [-0.05, 0) is 59.9 Å². The van der Waals surface area contributed by atoms with Crippen LogP contribution in [0.25, 0.3) is 11.3 Å². The number of nitrogens with zero attached hydrogens (tertiary/aromatic N) is 4. The topological polar surface area (TPSA) is 89.4 Å². The Morgan fingerprint density at radius 1 is 1.08 bits per heavy atom. The molecular formula is C28H33N5O3S. The van der Waals surface area contributed by atoms with Crippen molar-refractivity contribution in [2.24, 2.45) is 7.05 Å². The zero-order valence-electron chi connectivity index (χ0n) is 21.8. The first-order valence-corrected chi connectivity index (χ1v) is 13.6. The van der Waals surface area contributed by atoms with E-state index in [1.807, 2.05) is 54.3 Å². The molecule has 9 heteroatoms. The summed E-state index contributed by atoms with van der Waals surface area (Å²) >= 11 is 0. The maximum Gasteiger partial charge on any atom is 0.243 e. The zero-order valence-corrected chi connectivity index (χ0v) is 22.7. The Labute approximate surface area is 219 Å². The summed E-state index contributed by atoms with van der Waals surface area (Å²) < 4.78 is 35.3. The number of anilines is 2. The van der Waals surface area contributed by atoms with Crippen LogP contribution in [0.1, 0.15) is 37.3 Å². The van der Waals surface area contributed by atoms with E-state index in [-0.39, 0.29) is 11.4 Å². The molecule has 2 aromatic heterocycles. The summed E-state index contributed by atoms with van der Waals surface area (Å²) in [5.41, 5.74) is 4.10. The molecule has 1 atom stereocenters. The molecule has 0 saturated heterocycles. The SMILES string of the molecule is CCC(C)c1ccc(Nc2ccc(S(=O)(=O)N(C)Cc3ccc(OC)cc3)cc2-c2cn(C)cn2)nc1. The second kappa shape index (κ2) is 11.1. The standard InChI is InChI=1S/C28H33N5O3S/c1-6-20(2)22-9-14-28(29-16-22)31-26-13-12-24(15-25(26)27-18-32(3)19-30-27)37(34,35)33(4)17-21-7-10-23(36-5)11-8-21/h7-16,18-20H,6,17H2,1-5H3,(H,29,31). The summed E-state index contributed by atoms with van der Waals surface area (Å²) in [6.07, 6.45) is 6.47. The molecule has 0 saturated carbocycles. The molecular weight excluding hydrogens is 486 g/mol. The minimum Gasteiger partial charge on any atom is -0.497 e. The lowest BCUT2D eigenvalue weighted by molar-refractivity contribution is 0.414. The van der Waals surface area contributed by atoms with Crippen molar-refractivity contribution in [2.45, 2.75) is 37.6 Å². The number of imidazole rings is 1. The number of hydrogen-bond acceptors (Lipinski definition) is 6. The fourth-order valence-electron chi connectivity index (χ4n) is 3.95.